The number of ether oxygens (including phenoxy) is 1. The molecule has 0 bridgehead atoms. The number of nitrogens with one attached hydrogen (secondary N) is 2. The summed E-state index contributed by atoms with van der Waals surface area (Å²) in [6, 6.07) is 11.5. The van der Waals surface area contributed by atoms with Gasteiger partial charge in [0.1, 0.15) is 11.7 Å². The summed E-state index contributed by atoms with van der Waals surface area (Å²) in [4.78, 5) is 16.9. The second-order valence-electron chi connectivity index (χ2n) is 6.20. The summed E-state index contributed by atoms with van der Waals surface area (Å²) in [7, 11) is 0. The second-order valence-corrected chi connectivity index (χ2v) is 6.20. The number of imidazole rings is 1. The number of carbonyl (C=O) groups is 1. The normalized spacial score (nSPS) is 16.3. The summed E-state index contributed by atoms with van der Waals surface area (Å²) in [5, 5.41) is 6.07. The highest BCUT2D eigenvalue weighted by atomic mass is 35.5. The van der Waals surface area contributed by atoms with E-state index in [1.54, 1.807) is 0 Å². The van der Waals surface area contributed by atoms with E-state index in [-0.39, 0.29) is 36.8 Å². The van der Waals surface area contributed by atoms with Crippen molar-refractivity contribution in [2.45, 2.75) is 13.0 Å². The van der Waals surface area contributed by atoms with Gasteiger partial charge >= 0.3 is 0 Å². The number of nitrogens with zero attached hydrogens (tertiary/aromatic N) is 2. The van der Waals surface area contributed by atoms with E-state index in [1.807, 2.05) is 60.1 Å². The smallest absolute Gasteiger partial charge is 0.243 e. The van der Waals surface area contributed by atoms with Crippen molar-refractivity contribution in [1.29, 1.82) is 0 Å². The standard InChI is InChI=1S/C19H20N4O2.2ClH/c1-13-3-2-9-23-11-16(22-18(13)23)14-4-6-15(7-5-14)21-19(24)17-12-25-10-8-20-17;;/h2-7,9,11,17,20H,8,10,12H2,1H3,(H,21,24);2*1H. The lowest BCUT2D eigenvalue weighted by Gasteiger charge is -2.22. The molecule has 0 spiro atoms. The number of fused-ring (bicyclic) bond motifs is 1. The number of hydrogen-bond acceptors (Lipinski definition) is 4. The Labute approximate surface area is 170 Å². The molecule has 3 aromatic rings. The van der Waals surface area contributed by atoms with Crippen LogP contribution in [0.25, 0.3) is 16.9 Å². The molecule has 6 nitrogen and oxygen atoms in total. The van der Waals surface area contributed by atoms with E-state index in [4.69, 9.17) is 9.72 Å². The highest BCUT2D eigenvalue weighted by Crippen LogP contribution is 2.22. The predicted molar refractivity (Wildman–Crippen MR) is 111 cm³/mol. The molecule has 27 heavy (non-hydrogen) atoms. The number of pyridine rings is 1. The monoisotopic (exact) mass is 408 g/mol. The Balaban J connectivity index is 0.00000131. The number of anilines is 1. The Bertz CT molecular complexity index is 906. The van der Waals surface area contributed by atoms with Crippen molar-refractivity contribution in [3.8, 4) is 11.3 Å². The minimum Gasteiger partial charge on any atom is -0.378 e. The average molecular weight is 409 g/mol. The van der Waals surface area contributed by atoms with E-state index in [2.05, 4.69) is 10.6 Å². The van der Waals surface area contributed by atoms with Gasteiger partial charge in [-0.05, 0) is 30.7 Å². The highest BCUT2D eigenvalue weighted by Gasteiger charge is 2.21. The van der Waals surface area contributed by atoms with Gasteiger partial charge in [-0.3, -0.25) is 4.79 Å². The molecule has 0 radical (unpaired) electrons. The third kappa shape index (κ3) is 4.59. The van der Waals surface area contributed by atoms with Crippen LogP contribution in [0.4, 0.5) is 5.69 Å². The fraction of sp³-hybridized carbons (Fsp3) is 0.263. The highest BCUT2D eigenvalue weighted by molar-refractivity contribution is 5.95. The first-order valence-corrected chi connectivity index (χ1v) is 8.37. The SMILES string of the molecule is Cc1cccn2cc(-c3ccc(NC(=O)C4COCCN4)cc3)nc12.Cl.Cl. The zero-order chi connectivity index (χ0) is 17.2. The lowest BCUT2D eigenvalue weighted by atomic mass is 10.1. The topological polar surface area (TPSA) is 67.7 Å². The van der Waals surface area contributed by atoms with Crippen LogP contribution < -0.4 is 10.6 Å². The number of halogens is 2. The van der Waals surface area contributed by atoms with Gasteiger partial charge in [0, 0.05) is 30.2 Å². The first-order chi connectivity index (χ1) is 12.2. The lowest BCUT2D eigenvalue weighted by molar-refractivity contribution is -0.120. The van der Waals surface area contributed by atoms with Crippen molar-refractivity contribution in [3.63, 3.8) is 0 Å². The molecular weight excluding hydrogens is 387 g/mol. The molecule has 4 rings (SSSR count). The number of aryl methyl sites for hydroxylation is 1. The van der Waals surface area contributed by atoms with Gasteiger partial charge in [-0.1, -0.05) is 18.2 Å². The van der Waals surface area contributed by atoms with Crippen molar-refractivity contribution in [3.05, 3.63) is 54.4 Å². The molecule has 144 valence electrons. The Morgan fingerprint density at radius 1 is 1.26 bits per heavy atom. The molecule has 1 amide bonds. The number of aromatic nitrogens is 2. The fourth-order valence-corrected chi connectivity index (χ4v) is 2.98. The van der Waals surface area contributed by atoms with E-state index >= 15 is 0 Å². The van der Waals surface area contributed by atoms with Gasteiger partial charge in [0.05, 0.1) is 18.9 Å². The molecule has 0 aliphatic carbocycles. The molecule has 1 unspecified atom stereocenters. The number of rotatable bonds is 3. The van der Waals surface area contributed by atoms with Gasteiger partial charge in [0.2, 0.25) is 5.91 Å². The van der Waals surface area contributed by atoms with E-state index in [9.17, 15) is 4.79 Å². The molecule has 2 aromatic heterocycles. The van der Waals surface area contributed by atoms with Gasteiger partial charge in [0.25, 0.3) is 0 Å². The summed E-state index contributed by atoms with van der Waals surface area (Å²) in [6.45, 7) is 3.81. The minimum absolute atomic E-state index is 0. The van der Waals surface area contributed by atoms with Crippen molar-refractivity contribution in [1.82, 2.24) is 14.7 Å². The Morgan fingerprint density at radius 3 is 2.70 bits per heavy atom. The maximum Gasteiger partial charge on any atom is 0.243 e. The lowest BCUT2D eigenvalue weighted by Crippen LogP contribution is -2.48. The fourth-order valence-electron chi connectivity index (χ4n) is 2.98. The molecule has 3 heterocycles. The number of carbonyl (C=O) groups excluding carboxylic acids is 1. The van der Waals surface area contributed by atoms with E-state index in [1.165, 1.54) is 0 Å². The third-order valence-corrected chi connectivity index (χ3v) is 4.36. The van der Waals surface area contributed by atoms with Gasteiger partial charge in [-0.15, -0.1) is 24.8 Å². The second kappa shape index (κ2) is 9.19. The number of benzene rings is 1. The Morgan fingerprint density at radius 2 is 2.04 bits per heavy atom. The molecule has 0 saturated carbocycles. The van der Waals surface area contributed by atoms with Gasteiger partial charge in [0.15, 0.2) is 0 Å². The zero-order valence-electron chi connectivity index (χ0n) is 14.8. The van der Waals surface area contributed by atoms with Gasteiger partial charge in [-0.2, -0.15) is 0 Å². The molecule has 1 aromatic carbocycles. The zero-order valence-corrected chi connectivity index (χ0v) is 16.5. The van der Waals surface area contributed by atoms with Crippen molar-refractivity contribution < 1.29 is 9.53 Å². The molecule has 1 fully saturated rings. The Kier molecular flexibility index (Phi) is 7.21. The summed E-state index contributed by atoms with van der Waals surface area (Å²) < 4.78 is 7.35. The van der Waals surface area contributed by atoms with Gasteiger partial charge < -0.3 is 19.8 Å². The first kappa shape index (κ1) is 21.2. The minimum atomic E-state index is -0.296. The maximum atomic E-state index is 12.2. The number of morpholine rings is 1. The average Bonchev–Trinajstić information content (AvgIpc) is 3.09. The first-order valence-electron chi connectivity index (χ1n) is 8.37. The van der Waals surface area contributed by atoms with Crippen molar-refractivity contribution >= 4 is 42.1 Å². The molecule has 1 saturated heterocycles. The van der Waals surface area contributed by atoms with Crippen LogP contribution in [0, 0.1) is 6.92 Å². The van der Waals surface area contributed by atoms with Crippen LogP contribution in [0.15, 0.2) is 48.8 Å². The van der Waals surface area contributed by atoms with Crippen molar-refractivity contribution in [2.75, 3.05) is 25.1 Å². The molecule has 1 aliphatic heterocycles. The van der Waals surface area contributed by atoms with Crippen LogP contribution >= 0.6 is 24.8 Å². The Hall–Kier alpha value is -2.12. The third-order valence-electron chi connectivity index (χ3n) is 4.36. The summed E-state index contributed by atoms with van der Waals surface area (Å²) in [5.74, 6) is -0.0733. The predicted octanol–water partition coefficient (Wildman–Crippen LogP) is 3.08. The summed E-state index contributed by atoms with van der Waals surface area (Å²) >= 11 is 0. The van der Waals surface area contributed by atoms with Crippen LogP contribution in [0.2, 0.25) is 0 Å². The maximum absolute atomic E-state index is 12.2. The van der Waals surface area contributed by atoms with E-state index < -0.39 is 0 Å². The molecule has 8 heteroatoms. The van der Waals surface area contributed by atoms with Gasteiger partial charge in [-0.25, -0.2) is 4.98 Å². The molecule has 1 atom stereocenters. The van der Waals surface area contributed by atoms with E-state index in [0.29, 0.717) is 19.8 Å². The molecule has 1 aliphatic rings. The van der Waals surface area contributed by atoms with E-state index in [0.717, 1.165) is 28.2 Å². The number of hydrogen-bond donors (Lipinski definition) is 2. The largest absolute Gasteiger partial charge is 0.378 e. The van der Waals surface area contributed by atoms with Crippen LogP contribution in [0.3, 0.4) is 0 Å². The number of amides is 1. The molecule has 2 N–H and O–H groups in total. The summed E-state index contributed by atoms with van der Waals surface area (Å²) in [6.07, 6.45) is 4.01. The molecular formula is C19H22Cl2N4O2. The quantitative estimate of drug-likeness (QED) is 0.698. The van der Waals surface area contributed by atoms with Crippen LogP contribution in [0.5, 0.6) is 0 Å². The van der Waals surface area contributed by atoms with Crippen LogP contribution in [-0.4, -0.2) is 41.1 Å². The summed E-state index contributed by atoms with van der Waals surface area (Å²) in [5.41, 5.74) is 4.79. The van der Waals surface area contributed by atoms with Crippen LogP contribution in [-0.2, 0) is 9.53 Å². The van der Waals surface area contributed by atoms with Crippen LogP contribution in [0.1, 0.15) is 5.56 Å². The van der Waals surface area contributed by atoms with Crippen molar-refractivity contribution in [2.24, 2.45) is 0 Å².